The average Bonchev–Trinajstić information content (AvgIpc) is 2.56. The summed E-state index contributed by atoms with van der Waals surface area (Å²) in [6, 6.07) is 8.77. The summed E-state index contributed by atoms with van der Waals surface area (Å²) in [6.45, 7) is 0.375. The van der Waals surface area contributed by atoms with Crippen LogP contribution in [0.25, 0.3) is 0 Å². The minimum absolute atomic E-state index is 0.358. The lowest BCUT2D eigenvalue weighted by Gasteiger charge is -2.22. The maximum Gasteiger partial charge on any atom is 0.321 e. The standard InChI is InChI=1S/C12H15NO3S/c1-17(16)8-7-11(12(14)15)13(17)9-10-5-3-2-4-6-10/h2-6,11H,1,7-9H2,(H,14,15). The molecule has 0 saturated carbocycles. The highest BCUT2D eigenvalue weighted by Crippen LogP contribution is 2.24. The van der Waals surface area contributed by atoms with E-state index in [4.69, 9.17) is 5.11 Å². The number of aliphatic carboxylic acids is 1. The molecule has 0 spiro atoms. The number of carbonyl (C=O) groups is 1. The third-order valence-electron chi connectivity index (χ3n) is 2.95. The molecule has 2 atom stereocenters. The predicted molar refractivity (Wildman–Crippen MR) is 68.2 cm³/mol. The lowest BCUT2D eigenvalue weighted by molar-refractivity contribution is -0.141. The van der Waals surface area contributed by atoms with Crippen LogP contribution in [0.2, 0.25) is 0 Å². The normalized spacial score (nSPS) is 29.3. The van der Waals surface area contributed by atoms with Gasteiger partial charge in [-0.3, -0.25) is 9.00 Å². The molecule has 0 aliphatic carbocycles. The Bertz CT molecular complexity index is 510. The van der Waals surface area contributed by atoms with E-state index in [-0.39, 0.29) is 0 Å². The van der Waals surface area contributed by atoms with Crippen molar-refractivity contribution >= 4 is 21.5 Å². The number of benzene rings is 1. The molecule has 1 aliphatic heterocycles. The Morgan fingerprint density at radius 3 is 2.71 bits per heavy atom. The average molecular weight is 253 g/mol. The van der Waals surface area contributed by atoms with Gasteiger partial charge in [-0.1, -0.05) is 30.3 Å². The molecule has 2 rings (SSSR count). The van der Waals surface area contributed by atoms with Gasteiger partial charge in [0.25, 0.3) is 0 Å². The van der Waals surface area contributed by atoms with Gasteiger partial charge in [0.2, 0.25) is 0 Å². The highest BCUT2D eigenvalue weighted by Gasteiger charge is 2.37. The van der Waals surface area contributed by atoms with Gasteiger partial charge in [-0.05, 0) is 17.9 Å². The van der Waals surface area contributed by atoms with Gasteiger partial charge in [0, 0.05) is 22.0 Å². The third kappa shape index (κ3) is 2.50. The van der Waals surface area contributed by atoms with Crippen LogP contribution < -0.4 is 0 Å². The Labute approximate surface area is 101 Å². The van der Waals surface area contributed by atoms with Gasteiger partial charge in [0.15, 0.2) is 0 Å². The fourth-order valence-electron chi connectivity index (χ4n) is 2.03. The van der Waals surface area contributed by atoms with Crippen molar-refractivity contribution in [2.45, 2.75) is 19.0 Å². The molecule has 1 N–H and O–H groups in total. The van der Waals surface area contributed by atoms with Crippen LogP contribution in [0.4, 0.5) is 0 Å². The fraction of sp³-hybridized carbons (Fsp3) is 0.333. The maximum absolute atomic E-state index is 12.2. The lowest BCUT2D eigenvalue weighted by Crippen LogP contribution is -2.37. The minimum atomic E-state index is -2.43. The molecule has 17 heavy (non-hydrogen) atoms. The summed E-state index contributed by atoms with van der Waals surface area (Å²) >= 11 is 0. The van der Waals surface area contributed by atoms with Crippen molar-refractivity contribution < 1.29 is 14.1 Å². The van der Waals surface area contributed by atoms with Crippen LogP contribution in [0.3, 0.4) is 0 Å². The Morgan fingerprint density at radius 1 is 1.47 bits per heavy atom. The van der Waals surface area contributed by atoms with Gasteiger partial charge in [-0.15, -0.1) is 0 Å². The first-order valence-corrected chi connectivity index (χ1v) is 7.24. The molecule has 2 unspecified atom stereocenters. The second-order valence-corrected chi connectivity index (χ2v) is 6.60. The molecule has 0 radical (unpaired) electrons. The summed E-state index contributed by atoms with van der Waals surface area (Å²) in [5.74, 6) is 3.11. The topological polar surface area (TPSA) is 57.6 Å². The highest BCUT2D eigenvalue weighted by molar-refractivity contribution is 7.98. The first-order chi connectivity index (χ1) is 8.00. The highest BCUT2D eigenvalue weighted by atomic mass is 32.2. The van der Waals surface area contributed by atoms with Crippen LogP contribution in [0.5, 0.6) is 0 Å². The summed E-state index contributed by atoms with van der Waals surface area (Å²) in [5.41, 5.74) is 0.956. The predicted octanol–water partition coefficient (Wildman–Crippen LogP) is 0.977. The van der Waals surface area contributed by atoms with Crippen LogP contribution in [0.1, 0.15) is 12.0 Å². The summed E-state index contributed by atoms with van der Waals surface area (Å²) in [4.78, 5) is 11.1. The third-order valence-corrected chi connectivity index (χ3v) is 5.06. The smallest absolute Gasteiger partial charge is 0.321 e. The van der Waals surface area contributed by atoms with Gasteiger partial charge in [0.1, 0.15) is 6.04 Å². The van der Waals surface area contributed by atoms with Crippen molar-refractivity contribution in [2.75, 3.05) is 5.75 Å². The Hall–Kier alpha value is -1.33. The van der Waals surface area contributed by atoms with Gasteiger partial charge in [0.05, 0.1) is 0 Å². The minimum Gasteiger partial charge on any atom is -0.480 e. The number of carboxylic acid groups (broad SMARTS) is 1. The van der Waals surface area contributed by atoms with Gasteiger partial charge < -0.3 is 5.11 Å². The Kier molecular flexibility index (Phi) is 3.22. The zero-order valence-electron chi connectivity index (χ0n) is 9.41. The van der Waals surface area contributed by atoms with E-state index in [1.54, 1.807) is 0 Å². The molecule has 5 heteroatoms. The van der Waals surface area contributed by atoms with Crippen LogP contribution in [-0.4, -0.2) is 37.3 Å². The molecule has 1 fully saturated rings. The Balaban J connectivity index is 2.25. The second kappa shape index (κ2) is 4.50. The molecule has 1 aliphatic rings. The van der Waals surface area contributed by atoms with Crippen molar-refractivity contribution in [3.8, 4) is 0 Å². The van der Waals surface area contributed by atoms with Crippen molar-refractivity contribution in [3.63, 3.8) is 0 Å². The van der Waals surface area contributed by atoms with Crippen LogP contribution in [-0.2, 0) is 21.0 Å². The number of nitrogens with zero attached hydrogens (tertiary/aromatic N) is 1. The van der Waals surface area contributed by atoms with E-state index >= 15 is 0 Å². The zero-order valence-corrected chi connectivity index (χ0v) is 10.2. The molecule has 1 heterocycles. The fourth-order valence-corrected chi connectivity index (χ4v) is 3.90. The number of carboxylic acids is 1. The molecule has 1 aromatic carbocycles. The summed E-state index contributed by atoms with van der Waals surface area (Å²) in [7, 11) is -2.43. The molecule has 1 aromatic rings. The van der Waals surface area contributed by atoms with Crippen molar-refractivity contribution in [3.05, 3.63) is 35.9 Å². The molecular formula is C12H15NO3S. The summed E-state index contributed by atoms with van der Waals surface area (Å²) in [6.07, 6.45) is 0.407. The Morgan fingerprint density at radius 2 is 2.12 bits per heavy atom. The monoisotopic (exact) mass is 253 g/mol. The van der Waals surface area contributed by atoms with E-state index < -0.39 is 21.7 Å². The summed E-state index contributed by atoms with van der Waals surface area (Å²) < 4.78 is 13.7. The van der Waals surface area contributed by atoms with Crippen molar-refractivity contribution in [1.82, 2.24) is 4.31 Å². The molecule has 4 nitrogen and oxygen atoms in total. The van der Waals surface area contributed by atoms with Gasteiger partial charge in [-0.2, -0.15) is 0 Å². The van der Waals surface area contributed by atoms with Crippen LogP contribution >= 0.6 is 0 Å². The molecular weight excluding hydrogens is 238 g/mol. The maximum atomic E-state index is 12.2. The molecule has 0 aromatic heterocycles. The van der Waals surface area contributed by atoms with Gasteiger partial charge in [-0.25, -0.2) is 4.31 Å². The largest absolute Gasteiger partial charge is 0.480 e. The van der Waals surface area contributed by atoms with E-state index in [1.165, 1.54) is 4.31 Å². The first kappa shape index (κ1) is 12.1. The number of hydrogen-bond donors (Lipinski definition) is 1. The lowest BCUT2D eigenvalue weighted by atomic mass is 10.2. The van der Waals surface area contributed by atoms with Crippen molar-refractivity contribution in [1.29, 1.82) is 0 Å². The van der Waals surface area contributed by atoms with Crippen molar-refractivity contribution in [2.24, 2.45) is 0 Å². The molecule has 92 valence electrons. The molecule has 1 saturated heterocycles. The second-order valence-electron chi connectivity index (χ2n) is 4.18. The van der Waals surface area contributed by atoms with Crippen LogP contribution in [0.15, 0.2) is 30.3 Å². The van der Waals surface area contributed by atoms with Crippen LogP contribution in [0, 0.1) is 0 Å². The number of rotatable bonds is 3. The van der Waals surface area contributed by atoms with E-state index in [9.17, 15) is 9.00 Å². The first-order valence-electron chi connectivity index (χ1n) is 5.39. The van der Waals surface area contributed by atoms with E-state index in [0.717, 1.165) is 5.56 Å². The molecule has 0 bridgehead atoms. The van der Waals surface area contributed by atoms with Gasteiger partial charge >= 0.3 is 5.97 Å². The summed E-state index contributed by atoms with van der Waals surface area (Å²) in [5, 5.41) is 9.10. The van der Waals surface area contributed by atoms with E-state index in [0.29, 0.717) is 18.7 Å². The number of hydrogen-bond acceptors (Lipinski definition) is 2. The van der Waals surface area contributed by atoms with E-state index in [2.05, 4.69) is 5.87 Å². The molecule has 0 amide bonds. The van der Waals surface area contributed by atoms with E-state index in [1.807, 2.05) is 30.3 Å². The quantitative estimate of drug-likeness (QED) is 0.817. The SMILES string of the molecule is C=S1(=O)CCC(C(=O)O)N1Cc1ccccc1. The zero-order chi connectivity index (χ0) is 12.5.